The van der Waals surface area contributed by atoms with Crippen LogP contribution in [0.15, 0.2) is 66.7 Å². The maximum Gasteiger partial charge on any atom is 0.228 e. The van der Waals surface area contributed by atoms with E-state index in [9.17, 15) is 14.7 Å². The Morgan fingerprint density at radius 1 is 0.943 bits per heavy atom. The smallest absolute Gasteiger partial charge is 0.228 e. The Labute approximate surface area is 207 Å². The second kappa shape index (κ2) is 13.1. The molecule has 0 unspecified atom stereocenters. The first-order valence-electron chi connectivity index (χ1n) is 11.9. The molecule has 0 aliphatic rings. The third-order valence-electron chi connectivity index (χ3n) is 5.84. The van der Waals surface area contributed by atoms with E-state index >= 15 is 0 Å². The molecule has 0 bridgehead atoms. The van der Waals surface area contributed by atoms with Gasteiger partial charge in [0.15, 0.2) is 0 Å². The highest BCUT2D eigenvalue weighted by molar-refractivity contribution is 5.92. The Balaban J connectivity index is 1.49. The molecule has 0 aromatic heterocycles. The maximum absolute atomic E-state index is 12.4. The number of phenols is 1. The fraction of sp³-hybridized carbons (Fsp3) is 0.241. The van der Waals surface area contributed by atoms with E-state index < -0.39 is 0 Å². The summed E-state index contributed by atoms with van der Waals surface area (Å²) in [5.74, 6) is 0.116. The molecule has 0 fully saturated rings. The predicted octanol–water partition coefficient (Wildman–Crippen LogP) is 4.72. The zero-order chi connectivity index (χ0) is 25.0. The summed E-state index contributed by atoms with van der Waals surface area (Å²) >= 11 is 0. The average Bonchev–Trinajstić information content (AvgIpc) is 2.87. The first kappa shape index (κ1) is 25.7. The summed E-state index contributed by atoms with van der Waals surface area (Å²) in [5, 5.41) is 19.5. The molecule has 0 saturated carbocycles. The number of amides is 1. The number of hydrogen-bond acceptors (Lipinski definition) is 5. The van der Waals surface area contributed by atoms with E-state index in [2.05, 4.69) is 35.0 Å². The van der Waals surface area contributed by atoms with E-state index in [4.69, 9.17) is 0 Å². The highest BCUT2D eigenvalue weighted by Gasteiger charge is 2.10. The number of allylic oxidation sites excluding steroid dienone is 1. The number of phenolic OH excluding ortho intramolecular Hbond substituents is 1. The summed E-state index contributed by atoms with van der Waals surface area (Å²) in [4.78, 5) is 23.1. The Morgan fingerprint density at radius 3 is 2.29 bits per heavy atom. The highest BCUT2D eigenvalue weighted by Crippen LogP contribution is 2.31. The van der Waals surface area contributed by atoms with Gasteiger partial charge in [-0.25, -0.2) is 0 Å². The monoisotopic (exact) mass is 471 g/mol. The lowest BCUT2D eigenvalue weighted by Gasteiger charge is -2.14. The molecular formula is C29H33N3O3. The van der Waals surface area contributed by atoms with Crippen molar-refractivity contribution in [1.82, 2.24) is 5.32 Å². The van der Waals surface area contributed by atoms with Crippen LogP contribution >= 0.6 is 0 Å². The number of benzene rings is 3. The summed E-state index contributed by atoms with van der Waals surface area (Å²) in [6.45, 7) is 3.53. The van der Waals surface area contributed by atoms with Gasteiger partial charge in [-0.3, -0.25) is 9.59 Å². The van der Waals surface area contributed by atoms with Crippen molar-refractivity contribution in [3.8, 4) is 5.75 Å². The van der Waals surface area contributed by atoms with Gasteiger partial charge in [0.05, 0.1) is 12.1 Å². The van der Waals surface area contributed by atoms with Crippen LogP contribution in [0, 0.1) is 0 Å². The van der Waals surface area contributed by atoms with E-state index in [0.29, 0.717) is 18.7 Å². The minimum atomic E-state index is -0.0330. The average molecular weight is 472 g/mol. The normalized spacial score (nSPS) is 10.9. The summed E-state index contributed by atoms with van der Waals surface area (Å²) in [6.07, 6.45) is 5.93. The molecule has 0 radical (unpaired) electrons. The molecule has 0 spiro atoms. The van der Waals surface area contributed by atoms with Crippen LogP contribution < -0.4 is 16.0 Å². The predicted molar refractivity (Wildman–Crippen MR) is 143 cm³/mol. The number of aryl methyl sites for hydroxylation is 1. The summed E-state index contributed by atoms with van der Waals surface area (Å²) in [7, 11) is 1.74. The molecule has 3 aromatic rings. The lowest BCUT2D eigenvalue weighted by atomic mass is 10.0. The maximum atomic E-state index is 12.4. The molecule has 0 atom stereocenters. The Kier molecular flexibility index (Phi) is 9.63. The third-order valence-corrected chi connectivity index (χ3v) is 5.84. The number of rotatable bonds is 12. The topological polar surface area (TPSA) is 90.5 Å². The molecule has 3 rings (SSSR count). The minimum Gasteiger partial charge on any atom is -0.506 e. The van der Waals surface area contributed by atoms with Crippen molar-refractivity contribution in [2.45, 2.75) is 32.7 Å². The number of nitrogens with one attached hydrogen (secondary N) is 3. The number of aldehydes is 1. The number of carbonyl (C=O) groups excluding carboxylic acids is 2. The van der Waals surface area contributed by atoms with E-state index in [0.717, 1.165) is 53.6 Å². The van der Waals surface area contributed by atoms with Crippen molar-refractivity contribution in [2.24, 2.45) is 0 Å². The van der Waals surface area contributed by atoms with Gasteiger partial charge in [-0.05, 0) is 72.0 Å². The number of carbonyl (C=O) groups is 2. The van der Waals surface area contributed by atoms with E-state index in [-0.39, 0.29) is 11.7 Å². The molecule has 0 aliphatic heterocycles. The molecule has 0 heterocycles. The molecule has 0 saturated heterocycles. The molecular weight excluding hydrogens is 438 g/mol. The van der Waals surface area contributed by atoms with Gasteiger partial charge in [-0.2, -0.15) is 0 Å². The van der Waals surface area contributed by atoms with Crippen LogP contribution in [0.25, 0.3) is 6.08 Å². The lowest BCUT2D eigenvalue weighted by molar-refractivity contribution is -0.115. The van der Waals surface area contributed by atoms with Crippen molar-refractivity contribution < 1.29 is 14.7 Å². The second-order valence-electron chi connectivity index (χ2n) is 8.30. The molecule has 0 aliphatic carbocycles. The van der Waals surface area contributed by atoms with Gasteiger partial charge in [-0.1, -0.05) is 49.4 Å². The van der Waals surface area contributed by atoms with Gasteiger partial charge < -0.3 is 21.1 Å². The second-order valence-corrected chi connectivity index (χ2v) is 8.30. The SMILES string of the molecule is CCc1ccc(CC(=O)Nc2ccc(CNCCc3ccc(O)c(NC)c3/C=C\C=O)cc2)cc1. The van der Waals surface area contributed by atoms with Gasteiger partial charge in [0.25, 0.3) is 0 Å². The Morgan fingerprint density at radius 2 is 1.63 bits per heavy atom. The van der Waals surface area contributed by atoms with Gasteiger partial charge in [-0.15, -0.1) is 0 Å². The van der Waals surface area contributed by atoms with Gasteiger partial charge in [0.1, 0.15) is 12.0 Å². The number of aromatic hydroxyl groups is 1. The highest BCUT2D eigenvalue weighted by atomic mass is 16.3. The Hall–Kier alpha value is -3.90. The molecule has 6 heteroatoms. The van der Waals surface area contributed by atoms with Crippen LogP contribution in [-0.2, 0) is 35.4 Å². The molecule has 35 heavy (non-hydrogen) atoms. The zero-order valence-electron chi connectivity index (χ0n) is 20.3. The molecule has 182 valence electrons. The van der Waals surface area contributed by atoms with Crippen LogP contribution in [0.1, 0.15) is 34.7 Å². The van der Waals surface area contributed by atoms with Crippen molar-refractivity contribution in [1.29, 1.82) is 0 Å². The summed E-state index contributed by atoms with van der Waals surface area (Å²) in [5.41, 5.74) is 6.60. The standard InChI is InChI=1S/C29H33N3O3/c1-3-21-6-8-22(9-7-21)19-28(35)32-25-13-10-23(11-14-25)20-31-17-16-24-12-15-27(34)29(30-2)26(24)5-4-18-33/h4-15,18,30-31,34H,3,16-17,19-20H2,1-2H3,(H,32,35)/b5-4-. The van der Waals surface area contributed by atoms with Gasteiger partial charge >= 0.3 is 0 Å². The number of anilines is 2. The van der Waals surface area contributed by atoms with Crippen LogP contribution in [0.3, 0.4) is 0 Å². The lowest BCUT2D eigenvalue weighted by Crippen LogP contribution is -2.17. The minimum absolute atomic E-state index is 0.0330. The van der Waals surface area contributed by atoms with Gasteiger partial charge in [0.2, 0.25) is 5.91 Å². The van der Waals surface area contributed by atoms with E-state index in [1.807, 2.05) is 42.5 Å². The first-order chi connectivity index (χ1) is 17.0. The van der Waals surface area contributed by atoms with Crippen LogP contribution in [0.2, 0.25) is 0 Å². The molecule has 1 amide bonds. The van der Waals surface area contributed by atoms with Crippen molar-refractivity contribution in [2.75, 3.05) is 24.2 Å². The third kappa shape index (κ3) is 7.55. The fourth-order valence-corrected chi connectivity index (χ4v) is 3.90. The Bertz CT molecular complexity index is 1150. The quantitative estimate of drug-likeness (QED) is 0.133. The van der Waals surface area contributed by atoms with E-state index in [1.54, 1.807) is 19.2 Å². The van der Waals surface area contributed by atoms with Crippen LogP contribution in [0.5, 0.6) is 5.75 Å². The fourth-order valence-electron chi connectivity index (χ4n) is 3.90. The van der Waals surface area contributed by atoms with Crippen molar-refractivity contribution >= 4 is 29.6 Å². The van der Waals surface area contributed by atoms with Crippen molar-refractivity contribution in [3.05, 3.63) is 94.6 Å². The molecule has 3 aromatic carbocycles. The van der Waals surface area contributed by atoms with Crippen LogP contribution in [-0.4, -0.2) is 30.9 Å². The first-order valence-corrected chi connectivity index (χ1v) is 11.9. The van der Waals surface area contributed by atoms with Gasteiger partial charge in [0, 0.05) is 24.8 Å². The molecule has 4 N–H and O–H groups in total. The number of hydrogen-bond donors (Lipinski definition) is 4. The largest absolute Gasteiger partial charge is 0.506 e. The molecule has 6 nitrogen and oxygen atoms in total. The summed E-state index contributed by atoms with van der Waals surface area (Å²) < 4.78 is 0. The van der Waals surface area contributed by atoms with Crippen molar-refractivity contribution in [3.63, 3.8) is 0 Å². The van der Waals surface area contributed by atoms with Crippen LogP contribution in [0.4, 0.5) is 11.4 Å². The zero-order valence-corrected chi connectivity index (χ0v) is 20.3. The summed E-state index contributed by atoms with van der Waals surface area (Å²) in [6, 6.07) is 19.5. The van der Waals surface area contributed by atoms with E-state index in [1.165, 1.54) is 11.6 Å².